The molecule has 1 N–H and O–H groups in total. The lowest BCUT2D eigenvalue weighted by atomic mass is 10.3. The smallest absolute Gasteiger partial charge is 0.233 e. The number of ether oxygens (including phenoxy) is 1. The van der Waals surface area contributed by atoms with E-state index >= 15 is 0 Å². The summed E-state index contributed by atoms with van der Waals surface area (Å²) in [6.07, 6.45) is 2.19. The Morgan fingerprint density at radius 2 is 2.13 bits per heavy atom. The first-order valence-corrected chi connectivity index (χ1v) is 5.53. The highest BCUT2D eigenvalue weighted by Crippen LogP contribution is 2.05. The minimum Gasteiger partial charge on any atom is -0.477 e. The van der Waals surface area contributed by atoms with Crippen LogP contribution in [0.5, 0.6) is 5.88 Å². The highest BCUT2D eigenvalue weighted by Gasteiger charge is 1.97. The van der Waals surface area contributed by atoms with Gasteiger partial charge in [0.25, 0.3) is 0 Å². The molecule has 0 bridgehead atoms. The van der Waals surface area contributed by atoms with Gasteiger partial charge in [0.05, 0.1) is 12.3 Å². The summed E-state index contributed by atoms with van der Waals surface area (Å²) in [7, 11) is 0. The van der Waals surface area contributed by atoms with Gasteiger partial charge in [-0.2, -0.15) is 5.10 Å². The minimum absolute atomic E-state index is 0.615. The number of unbranched alkanes of at least 4 members (excludes halogenated alkanes) is 1. The Morgan fingerprint density at radius 1 is 1.27 bits per heavy atom. The van der Waals surface area contributed by atoms with E-state index in [0.29, 0.717) is 5.88 Å². The fraction of sp³-hybridized carbons (Fsp3) is 0.636. The number of rotatable bonds is 7. The fourth-order valence-electron chi connectivity index (χ4n) is 1.09. The first-order valence-electron chi connectivity index (χ1n) is 5.53. The highest BCUT2D eigenvalue weighted by molar-refractivity contribution is 5.11. The molecule has 0 saturated heterocycles. The van der Waals surface area contributed by atoms with Crippen LogP contribution in [0.25, 0.3) is 0 Å². The van der Waals surface area contributed by atoms with Crippen molar-refractivity contribution >= 4 is 0 Å². The third-order valence-electron chi connectivity index (χ3n) is 2.00. The third kappa shape index (κ3) is 4.74. The Hall–Kier alpha value is -1.16. The van der Waals surface area contributed by atoms with E-state index in [0.717, 1.165) is 38.2 Å². The van der Waals surface area contributed by atoms with Crippen LogP contribution in [0.4, 0.5) is 0 Å². The molecule has 0 fully saturated rings. The van der Waals surface area contributed by atoms with Crippen LogP contribution in [-0.2, 0) is 6.54 Å². The Labute approximate surface area is 91.1 Å². The average Bonchev–Trinajstić information content (AvgIpc) is 2.28. The van der Waals surface area contributed by atoms with Crippen molar-refractivity contribution in [3.8, 4) is 5.88 Å². The molecule has 0 amide bonds. The van der Waals surface area contributed by atoms with Gasteiger partial charge in [-0.15, -0.1) is 5.10 Å². The predicted octanol–water partition coefficient (Wildman–Crippen LogP) is 1.76. The number of nitrogens with zero attached hydrogens (tertiary/aromatic N) is 2. The van der Waals surface area contributed by atoms with Crippen LogP contribution < -0.4 is 10.1 Å². The van der Waals surface area contributed by atoms with Gasteiger partial charge >= 0.3 is 0 Å². The van der Waals surface area contributed by atoms with Crippen molar-refractivity contribution in [2.45, 2.75) is 33.2 Å². The van der Waals surface area contributed by atoms with E-state index in [9.17, 15) is 0 Å². The van der Waals surface area contributed by atoms with Crippen molar-refractivity contribution in [1.82, 2.24) is 15.5 Å². The van der Waals surface area contributed by atoms with Gasteiger partial charge in [0.2, 0.25) is 5.88 Å². The van der Waals surface area contributed by atoms with Gasteiger partial charge in [0.1, 0.15) is 0 Å². The van der Waals surface area contributed by atoms with Crippen molar-refractivity contribution in [3.05, 3.63) is 17.8 Å². The Kier molecular flexibility index (Phi) is 5.70. The van der Waals surface area contributed by atoms with Crippen LogP contribution in [0.2, 0.25) is 0 Å². The van der Waals surface area contributed by atoms with E-state index in [1.165, 1.54) is 0 Å². The van der Waals surface area contributed by atoms with Crippen LogP contribution in [0.3, 0.4) is 0 Å². The molecular weight excluding hydrogens is 190 g/mol. The van der Waals surface area contributed by atoms with Crippen molar-refractivity contribution in [3.63, 3.8) is 0 Å². The fourth-order valence-corrected chi connectivity index (χ4v) is 1.09. The lowest BCUT2D eigenvalue weighted by Gasteiger charge is -2.04. The number of hydrogen-bond acceptors (Lipinski definition) is 4. The lowest BCUT2D eigenvalue weighted by molar-refractivity contribution is 0.294. The van der Waals surface area contributed by atoms with Gasteiger partial charge < -0.3 is 10.1 Å². The molecule has 84 valence electrons. The summed E-state index contributed by atoms with van der Waals surface area (Å²) < 4.78 is 5.41. The quantitative estimate of drug-likeness (QED) is 0.695. The van der Waals surface area contributed by atoms with Gasteiger partial charge in [-0.05, 0) is 19.0 Å². The standard InChI is InChI=1S/C11H19N3O/c1-3-5-8-15-11-7-6-10(13-14-11)9-12-4-2/h6-7,12H,3-5,8-9H2,1-2H3. The summed E-state index contributed by atoms with van der Waals surface area (Å²) in [6.45, 7) is 6.62. The third-order valence-corrected chi connectivity index (χ3v) is 2.00. The van der Waals surface area contributed by atoms with Crippen LogP contribution in [0.1, 0.15) is 32.4 Å². The van der Waals surface area contributed by atoms with E-state index in [-0.39, 0.29) is 0 Å². The monoisotopic (exact) mass is 209 g/mol. The highest BCUT2D eigenvalue weighted by atomic mass is 16.5. The van der Waals surface area contributed by atoms with Crippen LogP contribution in [0.15, 0.2) is 12.1 Å². The molecule has 0 aliphatic carbocycles. The van der Waals surface area contributed by atoms with Gasteiger partial charge in [0.15, 0.2) is 0 Å². The molecule has 1 aromatic rings. The number of hydrogen-bond donors (Lipinski definition) is 1. The van der Waals surface area contributed by atoms with Gasteiger partial charge in [-0.1, -0.05) is 20.3 Å². The second kappa shape index (κ2) is 7.17. The topological polar surface area (TPSA) is 47.0 Å². The second-order valence-corrected chi connectivity index (χ2v) is 3.35. The molecule has 4 nitrogen and oxygen atoms in total. The van der Waals surface area contributed by atoms with Crippen molar-refractivity contribution in [2.24, 2.45) is 0 Å². The zero-order chi connectivity index (χ0) is 10.9. The molecule has 0 spiro atoms. The maximum absolute atomic E-state index is 5.41. The van der Waals surface area contributed by atoms with Crippen LogP contribution >= 0.6 is 0 Å². The van der Waals surface area contributed by atoms with E-state index in [1.807, 2.05) is 12.1 Å². The molecule has 0 atom stereocenters. The molecule has 0 saturated carbocycles. The summed E-state index contributed by atoms with van der Waals surface area (Å²) in [4.78, 5) is 0. The molecule has 0 aromatic carbocycles. The molecule has 0 aliphatic heterocycles. The first-order chi connectivity index (χ1) is 7.36. The SMILES string of the molecule is CCCCOc1ccc(CNCC)nn1. The maximum Gasteiger partial charge on any atom is 0.233 e. The van der Waals surface area contributed by atoms with E-state index < -0.39 is 0 Å². The van der Waals surface area contributed by atoms with Gasteiger partial charge in [0, 0.05) is 12.6 Å². The van der Waals surface area contributed by atoms with Crippen molar-refractivity contribution in [1.29, 1.82) is 0 Å². The zero-order valence-corrected chi connectivity index (χ0v) is 9.49. The Balaban J connectivity index is 2.35. The molecule has 0 unspecified atom stereocenters. The van der Waals surface area contributed by atoms with E-state index in [4.69, 9.17) is 4.74 Å². The van der Waals surface area contributed by atoms with Crippen molar-refractivity contribution in [2.75, 3.05) is 13.2 Å². The van der Waals surface area contributed by atoms with E-state index in [2.05, 4.69) is 29.4 Å². The Bertz CT molecular complexity index is 261. The number of aromatic nitrogens is 2. The van der Waals surface area contributed by atoms with Crippen molar-refractivity contribution < 1.29 is 4.74 Å². The number of nitrogens with one attached hydrogen (secondary N) is 1. The molecule has 1 heterocycles. The molecule has 0 radical (unpaired) electrons. The minimum atomic E-state index is 0.615. The maximum atomic E-state index is 5.41. The molecule has 1 rings (SSSR count). The zero-order valence-electron chi connectivity index (χ0n) is 9.49. The molecule has 4 heteroatoms. The summed E-state index contributed by atoms with van der Waals surface area (Å²) >= 11 is 0. The lowest BCUT2D eigenvalue weighted by Crippen LogP contribution is -2.13. The second-order valence-electron chi connectivity index (χ2n) is 3.35. The van der Waals surface area contributed by atoms with E-state index in [1.54, 1.807) is 0 Å². The Morgan fingerprint density at radius 3 is 2.73 bits per heavy atom. The van der Waals surface area contributed by atoms with Gasteiger partial charge in [-0.25, -0.2) is 0 Å². The first kappa shape index (κ1) is 11.9. The molecule has 15 heavy (non-hydrogen) atoms. The van der Waals surface area contributed by atoms with Crippen LogP contribution in [-0.4, -0.2) is 23.3 Å². The normalized spacial score (nSPS) is 10.3. The summed E-state index contributed by atoms with van der Waals surface area (Å²) in [6, 6.07) is 3.81. The average molecular weight is 209 g/mol. The molecule has 1 aromatic heterocycles. The summed E-state index contributed by atoms with van der Waals surface area (Å²) in [5, 5.41) is 11.2. The largest absolute Gasteiger partial charge is 0.477 e. The predicted molar refractivity (Wildman–Crippen MR) is 59.8 cm³/mol. The molecule has 0 aliphatic rings. The summed E-state index contributed by atoms with van der Waals surface area (Å²) in [5.74, 6) is 0.615. The summed E-state index contributed by atoms with van der Waals surface area (Å²) in [5.41, 5.74) is 0.944. The van der Waals surface area contributed by atoms with Crippen LogP contribution in [0, 0.1) is 0 Å². The molecular formula is C11H19N3O. The van der Waals surface area contributed by atoms with Gasteiger partial charge in [-0.3, -0.25) is 0 Å².